The van der Waals surface area contributed by atoms with Crippen molar-refractivity contribution in [3.8, 4) is 0 Å². The van der Waals surface area contributed by atoms with Gasteiger partial charge in [-0.3, -0.25) is 0 Å². The maximum atomic E-state index is 6.97. The first-order chi connectivity index (χ1) is 4.16. The summed E-state index contributed by atoms with van der Waals surface area (Å²) in [6.45, 7) is 4.04. The van der Waals surface area contributed by atoms with Crippen molar-refractivity contribution in [1.82, 2.24) is 0 Å². The summed E-state index contributed by atoms with van der Waals surface area (Å²) in [6, 6.07) is 0. The summed E-state index contributed by atoms with van der Waals surface area (Å²) in [5.74, 6) is 0.310. The summed E-state index contributed by atoms with van der Waals surface area (Å²) >= 11 is 0. The molecule has 0 radical (unpaired) electrons. The van der Waals surface area contributed by atoms with E-state index in [-0.39, 0.29) is 0 Å². The zero-order chi connectivity index (χ0) is 7.28. The molecule has 0 amide bonds. The van der Waals surface area contributed by atoms with Crippen molar-refractivity contribution in [2.75, 3.05) is 6.61 Å². The molecule has 0 aliphatic carbocycles. The first kappa shape index (κ1) is 8.01. The summed E-state index contributed by atoms with van der Waals surface area (Å²) in [5.41, 5.74) is 5.69. The van der Waals surface area contributed by atoms with Crippen LogP contribution in [-0.4, -0.2) is 12.3 Å². The number of allylic oxidation sites excluding steroid dienone is 1. The van der Waals surface area contributed by atoms with E-state index in [1.165, 1.54) is 6.08 Å². The van der Waals surface area contributed by atoms with Crippen molar-refractivity contribution in [1.29, 1.82) is 5.41 Å². The highest BCUT2D eigenvalue weighted by atomic mass is 16.5. The van der Waals surface area contributed by atoms with E-state index in [0.717, 1.165) is 0 Å². The third-order valence-corrected chi connectivity index (χ3v) is 0.670. The smallest absolute Gasteiger partial charge is 0.185 e. The fraction of sp³-hybridized carbons (Fsp3) is 0.500. The van der Waals surface area contributed by atoms with Crippen LogP contribution in [0.2, 0.25) is 0 Å². The molecule has 9 heavy (non-hydrogen) atoms. The average Bonchev–Trinajstić information content (AvgIpc) is 1.63. The predicted octanol–water partition coefficient (Wildman–Crippen LogP) is 0.863. The zero-order valence-electron chi connectivity index (χ0n) is 5.77. The summed E-state index contributed by atoms with van der Waals surface area (Å²) in [4.78, 5) is 0. The number of hydrogen-bond donors (Lipinski definition) is 2. The van der Waals surface area contributed by atoms with Crippen molar-refractivity contribution in [2.45, 2.75) is 13.8 Å². The van der Waals surface area contributed by atoms with Crippen LogP contribution in [-0.2, 0) is 4.74 Å². The Hall–Kier alpha value is -0.990. The van der Waals surface area contributed by atoms with E-state index < -0.39 is 0 Å². The molecular weight excluding hydrogens is 116 g/mol. The fourth-order valence-corrected chi connectivity index (χ4v) is 0.422. The molecule has 0 fully saturated rings. The molecule has 0 atom stereocenters. The van der Waals surface area contributed by atoms with Crippen molar-refractivity contribution >= 4 is 5.71 Å². The van der Waals surface area contributed by atoms with Crippen molar-refractivity contribution < 1.29 is 4.74 Å². The average molecular weight is 128 g/mol. The maximum absolute atomic E-state index is 6.97. The van der Waals surface area contributed by atoms with Crippen LogP contribution < -0.4 is 5.73 Å². The van der Waals surface area contributed by atoms with Crippen LogP contribution in [0.15, 0.2) is 12.0 Å². The Labute approximate surface area is 55.0 Å². The highest BCUT2D eigenvalue weighted by molar-refractivity contribution is 5.90. The van der Waals surface area contributed by atoms with Crippen LogP contribution in [0.4, 0.5) is 0 Å². The Bertz CT molecular complexity index is 129. The van der Waals surface area contributed by atoms with E-state index in [9.17, 15) is 0 Å². The molecule has 3 heteroatoms. The molecule has 0 spiro atoms. The molecule has 0 aliphatic rings. The fourth-order valence-electron chi connectivity index (χ4n) is 0.422. The minimum absolute atomic E-state index is 0.310. The first-order valence-electron chi connectivity index (χ1n) is 2.82. The summed E-state index contributed by atoms with van der Waals surface area (Å²) < 4.78 is 4.85. The third kappa shape index (κ3) is 4.87. The van der Waals surface area contributed by atoms with Gasteiger partial charge in [-0.15, -0.1) is 0 Å². The highest BCUT2D eigenvalue weighted by Gasteiger charge is 1.86. The van der Waals surface area contributed by atoms with Crippen LogP contribution in [0.25, 0.3) is 0 Å². The van der Waals surface area contributed by atoms with Gasteiger partial charge in [0.1, 0.15) is 0 Å². The maximum Gasteiger partial charge on any atom is 0.185 e. The minimum Gasteiger partial charge on any atom is -0.480 e. The Balaban J connectivity index is 3.69. The SMILES string of the molecule is CCO/C(N)=C/C(C)=N. The van der Waals surface area contributed by atoms with E-state index in [2.05, 4.69) is 0 Å². The van der Waals surface area contributed by atoms with Gasteiger partial charge in [0, 0.05) is 11.8 Å². The molecule has 0 bridgehead atoms. The Morgan fingerprint density at radius 2 is 2.33 bits per heavy atom. The molecule has 52 valence electrons. The van der Waals surface area contributed by atoms with Crippen molar-refractivity contribution in [2.24, 2.45) is 5.73 Å². The third-order valence-electron chi connectivity index (χ3n) is 0.670. The molecule has 0 aliphatic heterocycles. The van der Waals surface area contributed by atoms with Crippen molar-refractivity contribution in [3.63, 3.8) is 0 Å². The highest BCUT2D eigenvalue weighted by Crippen LogP contribution is 1.86. The van der Waals surface area contributed by atoms with Gasteiger partial charge in [-0.25, -0.2) is 0 Å². The van der Waals surface area contributed by atoms with Crippen LogP contribution in [0.1, 0.15) is 13.8 Å². The summed E-state index contributed by atoms with van der Waals surface area (Å²) in [6.07, 6.45) is 1.48. The second kappa shape index (κ2) is 3.95. The van der Waals surface area contributed by atoms with Crippen molar-refractivity contribution in [3.05, 3.63) is 12.0 Å². The Kier molecular flexibility index (Phi) is 3.51. The number of nitrogens with one attached hydrogen (secondary N) is 1. The van der Waals surface area contributed by atoms with Gasteiger partial charge in [0.15, 0.2) is 5.88 Å². The summed E-state index contributed by atoms with van der Waals surface area (Å²) in [7, 11) is 0. The topological polar surface area (TPSA) is 59.1 Å². The lowest BCUT2D eigenvalue weighted by molar-refractivity contribution is 0.227. The zero-order valence-corrected chi connectivity index (χ0v) is 5.77. The lowest BCUT2D eigenvalue weighted by Gasteiger charge is -1.99. The Morgan fingerprint density at radius 3 is 2.67 bits per heavy atom. The van der Waals surface area contributed by atoms with Gasteiger partial charge < -0.3 is 15.9 Å². The Morgan fingerprint density at radius 1 is 1.78 bits per heavy atom. The molecule has 0 saturated heterocycles. The molecule has 0 rings (SSSR count). The van der Waals surface area contributed by atoms with E-state index in [4.69, 9.17) is 15.9 Å². The molecule has 3 N–H and O–H groups in total. The van der Waals surface area contributed by atoms with E-state index in [0.29, 0.717) is 18.2 Å². The van der Waals surface area contributed by atoms with Gasteiger partial charge in [-0.05, 0) is 13.8 Å². The second-order valence-electron chi connectivity index (χ2n) is 1.66. The van der Waals surface area contributed by atoms with Crippen LogP contribution in [0, 0.1) is 5.41 Å². The number of nitrogens with two attached hydrogens (primary N) is 1. The van der Waals surface area contributed by atoms with Crippen LogP contribution in [0.3, 0.4) is 0 Å². The quantitative estimate of drug-likeness (QED) is 0.437. The van der Waals surface area contributed by atoms with Gasteiger partial charge in [0.2, 0.25) is 0 Å². The van der Waals surface area contributed by atoms with Gasteiger partial charge in [0.05, 0.1) is 6.61 Å². The molecule has 0 saturated carbocycles. The van der Waals surface area contributed by atoms with Gasteiger partial charge in [0.25, 0.3) is 0 Å². The largest absolute Gasteiger partial charge is 0.480 e. The lowest BCUT2D eigenvalue weighted by atomic mass is 10.4. The number of ether oxygens (including phenoxy) is 1. The predicted molar refractivity (Wildman–Crippen MR) is 37.3 cm³/mol. The van der Waals surface area contributed by atoms with E-state index >= 15 is 0 Å². The molecule has 0 aromatic heterocycles. The first-order valence-corrected chi connectivity index (χ1v) is 2.82. The molecule has 0 aromatic carbocycles. The standard InChI is InChI=1S/C6H12N2O/c1-3-9-6(8)4-5(2)7/h4,7H,3,8H2,1-2H3/b6-4+,7-5?. The monoisotopic (exact) mass is 128 g/mol. The van der Waals surface area contributed by atoms with E-state index in [1.54, 1.807) is 6.92 Å². The normalized spacial score (nSPS) is 11.1. The van der Waals surface area contributed by atoms with Crippen LogP contribution in [0.5, 0.6) is 0 Å². The molecule has 3 nitrogen and oxygen atoms in total. The molecule has 0 heterocycles. The molecule has 0 aromatic rings. The lowest BCUT2D eigenvalue weighted by Crippen LogP contribution is -2.03. The van der Waals surface area contributed by atoms with Crippen LogP contribution >= 0.6 is 0 Å². The molecule has 0 unspecified atom stereocenters. The van der Waals surface area contributed by atoms with E-state index in [1.807, 2.05) is 6.92 Å². The van der Waals surface area contributed by atoms with Gasteiger partial charge in [-0.2, -0.15) is 0 Å². The number of hydrogen-bond acceptors (Lipinski definition) is 3. The molecular formula is C6H12N2O. The minimum atomic E-state index is 0.310. The van der Waals surface area contributed by atoms with Gasteiger partial charge in [-0.1, -0.05) is 0 Å². The van der Waals surface area contributed by atoms with Gasteiger partial charge >= 0.3 is 0 Å². The summed E-state index contributed by atoms with van der Waals surface area (Å²) in [5, 5.41) is 6.97. The second-order valence-corrected chi connectivity index (χ2v) is 1.66. The number of rotatable bonds is 3.